The molecule has 4 aromatic carbocycles. The first kappa shape index (κ1) is 47.6. The lowest BCUT2D eigenvalue weighted by Gasteiger charge is -2.25. The molecule has 1 aliphatic rings. The van der Waals surface area contributed by atoms with E-state index in [0.29, 0.717) is 91.9 Å². The molecule has 0 radical (unpaired) electrons. The standard InChI is InChI=1S/C48H60N4O10/c53-45(49-43(33-39-13-5-1-6-14-39)47(55)61-37-41-17-9-3-10-18-41)35-51-21-25-57-29-31-59-27-23-52(24-28-60-32-30-58-26-22-51)36-46(54)50-44(34-40-15-7-2-8-16-40)48(56)62-38-42-19-11-4-12-20-42/h1-20,43-44H,21-38H2,(H,49,53)(H,50,54). The van der Waals surface area contributed by atoms with Crippen LogP contribution >= 0.6 is 0 Å². The number of amides is 2. The van der Waals surface area contributed by atoms with Crippen molar-refractivity contribution in [1.82, 2.24) is 20.4 Å². The average molecular weight is 853 g/mol. The number of nitrogens with one attached hydrogen (secondary N) is 2. The van der Waals surface area contributed by atoms with Crippen LogP contribution in [0.5, 0.6) is 0 Å². The number of hydrogen-bond acceptors (Lipinski definition) is 12. The Labute approximate surface area is 364 Å². The van der Waals surface area contributed by atoms with Crippen LogP contribution in [0, 0.1) is 0 Å². The van der Waals surface area contributed by atoms with Crippen LogP contribution in [-0.4, -0.2) is 138 Å². The lowest BCUT2D eigenvalue weighted by Crippen LogP contribution is -2.48. The van der Waals surface area contributed by atoms with Gasteiger partial charge in [0.05, 0.1) is 65.9 Å². The van der Waals surface area contributed by atoms with Gasteiger partial charge in [-0.3, -0.25) is 19.4 Å². The van der Waals surface area contributed by atoms with Crippen molar-refractivity contribution in [2.45, 2.75) is 38.1 Å². The van der Waals surface area contributed by atoms with Gasteiger partial charge in [-0.15, -0.1) is 0 Å². The van der Waals surface area contributed by atoms with Gasteiger partial charge in [-0.05, 0) is 22.3 Å². The first-order chi connectivity index (χ1) is 30.4. The Bertz CT molecular complexity index is 1720. The average Bonchev–Trinajstić information content (AvgIpc) is 3.29. The maximum absolute atomic E-state index is 13.4. The molecule has 0 aliphatic carbocycles. The predicted molar refractivity (Wildman–Crippen MR) is 233 cm³/mol. The molecule has 62 heavy (non-hydrogen) atoms. The largest absolute Gasteiger partial charge is 0.459 e. The monoisotopic (exact) mass is 852 g/mol. The van der Waals surface area contributed by atoms with Crippen molar-refractivity contribution in [2.24, 2.45) is 0 Å². The molecule has 0 spiro atoms. The highest BCUT2D eigenvalue weighted by molar-refractivity contribution is 5.86. The van der Waals surface area contributed by atoms with Crippen molar-refractivity contribution < 1.29 is 47.6 Å². The zero-order valence-corrected chi connectivity index (χ0v) is 35.4. The number of carbonyl (C=O) groups is 4. The van der Waals surface area contributed by atoms with Crippen molar-refractivity contribution >= 4 is 23.8 Å². The molecule has 0 saturated carbocycles. The van der Waals surface area contributed by atoms with Gasteiger partial charge in [0.1, 0.15) is 25.3 Å². The molecule has 0 bridgehead atoms. The van der Waals surface area contributed by atoms with Gasteiger partial charge in [0.2, 0.25) is 11.8 Å². The Morgan fingerprint density at radius 2 is 0.726 bits per heavy atom. The fraction of sp³-hybridized carbons (Fsp3) is 0.417. The minimum Gasteiger partial charge on any atom is -0.459 e. The topological polar surface area (TPSA) is 154 Å². The summed E-state index contributed by atoms with van der Waals surface area (Å²) in [4.78, 5) is 57.2. The lowest BCUT2D eigenvalue weighted by atomic mass is 10.1. The minimum absolute atomic E-state index is 0.0300. The molecule has 2 N–H and O–H groups in total. The van der Waals surface area contributed by atoms with Crippen LogP contribution in [0.2, 0.25) is 0 Å². The van der Waals surface area contributed by atoms with Crippen molar-refractivity contribution in [1.29, 1.82) is 0 Å². The van der Waals surface area contributed by atoms with Crippen LogP contribution in [0.1, 0.15) is 22.3 Å². The molecule has 14 nitrogen and oxygen atoms in total. The van der Waals surface area contributed by atoms with Gasteiger partial charge >= 0.3 is 11.9 Å². The highest BCUT2D eigenvalue weighted by Gasteiger charge is 2.26. The van der Waals surface area contributed by atoms with Gasteiger partial charge in [-0.2, -0.15) is 0 Å². The quantitative estimate of drug-likeness (QED) is 0.159. The third-order valence-corrected chi connectivity index (χ3v) is 9.94. The molecule has 4 aromatic rings. The zero-order valence-electron chi connectivity index (χ0n) is 35.4. The summed E-state index contributed by atoms with van der Waals surface area (Å²) in [5.41, 5.74) is 3.52. The molecule has 332 valence electrons. The Balaban J connectivity index is 1.08. The fourth-order valence-electron chi connectivity index (χ4n) is 6.59. The van der Waals surface area contributed by atoms with E-state index in [9.17, 15) is 19.2 Å². The molecule has 0 aromatic heterocycles. The number of ether oxygens (including phenoxy) is 6. The number of rotatable bonds is 16. The Kier molecular flexibility index (Phi) is 21.6. The fourth-order valence-corrected chi connectivity index (χ4v) is 6.59. The molecule has 1 fully saturated rings. The van der Waals surface area contributed by atoms with E-state index in [-0.39, 0.29) is 38.1 Å². The maximum atomic E-state index is 13.4. The van der Waals surface area contributed by atoms with Gasteiger partial charge in [0.25, 0.3) is 0 Å². The second-order valence-electron chi connectivity index (χ2n) is 14.8. The van der Waals surface area contributed by atoms with Gasteiger partial charge in [0.15, 0.2) is 0 Å². The zero-order chi connectivity index (χ0) is 43.5. The van der Waals surface area contributed by atoms with Crippen LogP contribution in [0.4, 0.5) is 0 Å². The number of nitrogens with zero attached hydrogens (tertiary/aromatic N) is 2. The third-order valence-electron chi connectivity index (χ3n) is 9.94. The third kappa shape index (κ3) is 19.1. The molecule has 2 atom stereocenters. The summed E-state index contributed by atoms with van der Waals surface area (Å²) >= 11 is 0. The van der Waals surface area contributed by atoms with Crippen molar-refractivity contribution in [3.05, 3.63) is 144 Å². The maximum Gasteiger partial charge on any atom is 0.329 e. The molecular formula is C48H60N4O10. The summed E-state index contributed by atoms with van der Waals surface area (Å²) < 4.78 is 34.7. The van der Waals surface area contributed by atoms with Crippen molar-refractivity contribution in [3.63, 3.8) is 0 Å². The molecular weight excluding hydrogens is 793 g/mol. The van der Waals surface area contributed by atoms with Crippen molar-refractivity contribution in [3.8, 4) is 0 Å². The number of benzene rings is 4. The molecule has 5 rings (SSSR count). The second kappa shape index (κ2) is 28.2. The van der Waals surface area contributed by atoms with Crippen LogP contribution in [0.25, 0.3) is 0 Å². The smallest absolute Gasteiger partial charge is 0.329 e. The van der Waals surface area contributed by atoms with Gasteiger partial charge < -0.3 is 39.1 Å². The predicted octanol–water partition coefficient (Wildman–Crippen LogP) is 3.61. The number of carbonyl (C=O) groups excluding carboxylic acids is 4. The molecule has 2 amide bonds. The Morgan fingerprint density at radius 1 is 0.435 bits per heavy atom. The first-order valence-corrected chi connectivity index (χ1v) is 21.2. The van der Waals surface area contributed by atoms with E-state index in [1.54, 1.807) is 0 Å². The Hall–Kier alpha value is -5.48. The highest BCUT2D eigenvalue weighted by atomic mass is 16.5. The second-order valence-corrected chi connectivity index (χ2v) is 14.8. The molecule has 1 aliphatic heterocycles. The lowest BCUT2D eigenvalue weighted by molar-refractivity contribution is -0.149. The van der Waals surface area contributed by atoms with Crippen LogP contribution in [0.3, 0.4) is 0 Å². The van der Waals surface area contributed by atoms with Crippen molar-refractivity contribution in [2.75, 3.05) is 92.1 Å². The van der Waals surface area contributed by atoms with Gasteiger partial charge in [0, 0.05) is 39.0 Å². The highest BCUT2D eigenvalue weighted by Crippen LogP contribution is 2.10. The van der Waals surface area contributed by atoms with Crippen LogP contribution in [-0.2, 0) is 73.7 Å². The normalized spacial score (nSPS) is 16.4. The van der Waals surface area contributed by atoms with E-state index in [2.05, 4.69) is 10.6 Å². The van der Waals surface area contributed by atoms with Gasteiger partial charge in [-0.25, -0.2) is 9.59 Å². The van der Waals surface area contributed by atoms with E-state index >= 15 is 0 Å². The van der Waals surface area contributed by atoms with E-state index in [1.165, 1.54) is 0 Å². The molecule has 1 heterocycles. The summed E-state index contributed by atoms with van der Waals surface area (Å²) in [5, 5.41) is 5.81. The summed E-state index contributed by atoms with van der Waals surface area (Å²) in [6.07, 6.45) is 0.581. The Morgan fingerprint density at radius 3 is 1.03 bits per heavy atom. The van der Waals surface area contributed by atoms with E-state index in [1.807, 2.05) is 131 Å². The minimum atomic E-state index is -0.869. The van der Waals surface area contributed by atoms with Crippen LogP contribution < -0.4 is 10.6 Å². The van der Waals surface area contributed by atoms with E-state index < -0.39 is 24.0 Å². The molecule has 1 saturated heterocycles. The molecule has 2 unspecified atom stereocenters. The molecule has 14 heteroatoms. The number of hydrogen-bond donors (Lipinski definition) is 2. The van der Waals surface area contributed by atoms with E-state index in [0.717, 1.165) is 22.3 Å². The first-order valence-electron chi connectivity index (χ1n) is 21.2. The van der Waals surface area contributed by atoms with Gasteiger partial charge in [-0.1, -0.05) is 121 Å². The summed E-state index contributed by atoms with van der Waals surface area (Å²) in [7, 11) is 0. The summed E-state index contributed by atoms with van der Waals surface area (Å²) in [5.74, 6) is -1.64. The SMILES string of the molecule is O=C(CN1CCOCCOCCN(CC(=O)NC(Cc2ccccc2)C(=O)OCc2ccccc2)CCOCCOCC1)NC(Cc1ccccc1)C(=O)OCc1ccccc1. The summed E-state index contributed by atoms with van der Waals surface area (Å²) in [6.45, 7) is 4.77. The van der Waals surface area contributed by atoms with E-state index in [4.69, 9.17) is 28.4 Å². The number of esters is 2. The van der Waals surface area contributed by atoms with Crippen LogP contribution in [0.15, 0.2) is 121 Å². The summed E-state index contributed by atoms with van der Waals surface area (Å²) in [6, 6.07) is 36.1.